The number of Topliss-reactive ketones (excluding diaryl/α,β-unsaturated/α-hetero) is 1. The zero-order valence-corrected chi connectivity index (χ0v) is 13.9. The number of anilines is 1. The summed E-state index contributed by atoms with van der Waals surface area (Å²) in [4.78, 5) is 23.6. The van der Waals surface area contributed by atoms with E-state index < -0.39 is 0 Å². The summed E-state index contributed by atoms with van der Waals surface area (Å²) < 4.78 is 0. The highest BCUT2D eigenvalue weighted by molar-refractivity contribution is 6.31. The predicted molar refractivity (Wildman–Crippen MR) is 92.9 cm³/mol. The molecule has 0 fully saturated rings. The predicted octanol–water partition coefficient (Wildman–Crippen LogP) is 3.83. The van der Waals surface area contributed by atoms with Crippen LogP contribution in [-0.2, 0) is 4.79 Å². The van der Waals surface area contributed by atoms with Crippen LogP contribution in [0.1, 0.15) is 35.8 Å². The molecule has 0 aromatic heterocycles. The Labute approximate surface area is 140 Å². The van der Waals surface area contributed by atoms with Crippen LogP contribution in [-0.4, -0.2) is 18.2 Å². The third kappa shape index (κ3) is 4.65. The van der Waals surface area contributed by atoms with E-state index in [1.807, 2.05) is 31.2 Å². The molecule has 2 N–H and O–H groups in total. The normalized spacial score (nSPS) is 11.8. The number of hydrogen-bond donors (Lipinski definition) is 2. The topological polar surface area (TPSA) is 58.2 Å². The molecular weight excluding hydrogens is 312 g/mol. The molecule has 0 spiro atoms. The minimum atomic E-state index is -0.211. The van der Waals surface area contributed by atoms with E-state index in [9.17, 15) is 9.59 Å². The highest BCUT2D eigenvalue weighted by Crippen LogP contribution is 2.22. The fourth-order valence-corrected chi connectivity index (χ4v) is 2.57. The summed E-state index contributed by atoms with van der Waals surface area (Å²) in [6, 6.07) is 14.4. The second-order valence-electron chi connectivity index (χ2n) is 5.27. The van der Waals surface area contributed by atoms with E-state index in [0.717, 1.165) is 5.56 Å². The molecule has 5 heteroatoms. The summed E-state index contributed by atoms with van der Waals surface area (Å²) in [5.74, 6) is -0.295. The lowest BCUT2D eigenvalue weighted by Gasteiger charge is -2.16. The number of carbonyl (C=O) groups excluding carboxylic acids is 2. The molecule has 0 aliphatic heterocycles. The highest BCUT2D eigenvalue weighted by Gasteiger charge is 2.12. The Morgan fingerprint density at radius 2 is 1.74 bits per heavy atom. The lowest BCUT2D eigenvalue weighted by atomic mass is 10.1. The number of halogens is 1. The largest absolute Gasteiger partial charge is 0.324 e. The monoisotopic (exact) mass is 330 g/mol. The van der Waals surface area contributed by atoms with Crippen LogP contribution in [0.25, 0.3) is 0 Å². The van der Waals surface area contributed by atoms with E-state index >= 15 is 0 Å². The van der Waals surface area contributed by atoms with Gasteiger partial charge >= 0.3 is 0 Å². The van der Waals surface area contributed by atoms with Gasteiger partial charge in [0.2, 0.25) is 5.91 Å². The minimum Gasteiger partial charge on any atom is -0.324 e. The lowest BCUT2D eigenvalue weighted by Crippen LogP contribution is -2.30. The number of hydrogen-bond acceptors (Lipinski definition) is 3. The van der Waals surface area contributed by atoms with Gasteiger partial charge < -0.3 is 10.6 Å². The molecular formula is C18H19ClN2O2. The third-order valence-corrected chi connectivity index (χ3v) is 3.87. The summed E-state index contributed by atoms with van der Waals surface area (Å²) >= 11 is 6.14. The molecule has 0 radical (unpaired) electrons. The molecule has 2 aromatic rings. The van der Waals surface area contributed by atoms with Gasteiger partial charge in [-0.2, -0.15) is 0 Å². The smallest absolute Gasteiger partial charge is 0.238 e. The van der Waals surface area contributed by atoms with Crippen molar-refractivity contribution in [2.75, 3.05) is 11.9 Å². The lowest BCUT2D eigenvalue weighted by molar-refractivity contribution is -0.115. The standard InChI is InChI=1S/C18H19ClN2O2/c1-12(14-7-3-5-9-16(14)19)20-11-18(23)21-17-10-6-4-8-15(17)13(2)22/h3-10,12,20H,11H2,1-2H3,(H,21,23)/t12-/m0/s1. The fourth-order valence-electron chi connectivity index (χ4n) is 2.28. The van der Waals surface area contributed by atoms with Gasteiger partial charge in [-0.15, -0.1) is 0 Å². The van der Waals surface area contributed by atoms with Gasteiger partial charge in [-0.3, -0.25) is 9.59 Å². The molecule has 0 saturated carbocycles. The number of para-hydroxylation sites is 1. The number of nitrogens with one attached hydrogen (secondary N) is 2. The molecule has 0 saturated heterocycles. The second-order valence-corrected chi connectivity index (χ2v) is 5.68. The number of amides is 1. The maximum absolute atomic E-state index is 12.1. The molecule has 120 valence electrons. The number of ketones is 1. The van der Waals surface area contributed by atoms with Crippen molar-refractivity contribution in [3.8, 4) is 0 Å². The first-order chi connectivity index (χ1) is 11.0. The van der Waals surface area contributed by atoms with Crippen LogP contribution >= 0.6 is 11.6 Å². The summed E-state index contributed by atoms with van der Waals surface area (Å²) in [5, 5.41) is 6.55. The first-order valence-corrected chi connectivity index (χ1v) is 7.74. The average Bonchev–Trinajstić information content (AvgIpc) is 2.53. The summed E-state index contributed by atoms with van der Waals surface area (Å²) in [7, 11) is 0. The van der Waals surface area contributed by atoms with E-state index in [4.69, 9.17) is 11.6 Å². The number of rotatable bonds is 6. The molecule has 0 aliphatic carbocycles. The van der Waals surface area contributed by atoms with Gasteiger partial charge in [0.1, 0.15) is 0 Å². The summed E-state index contributed by atoms with van der Waals surface area (Å²) in [6.45, 7) is 3.54. The molecule has 1 amide bonds. The maximum Gasteiger partial charge on any atom is 0.238 e. The molecule has 0 heterocycles. The van der Waals surface area contributed by atoms with Gasteiger partial charge in [-0.1, -0.05) is 41.9 Å². The Bertz CT molecular complexity index is 716. The molecule has 1 atom stereocenters. The zero-order valence-electron chi connectivity index (χ0n) is 13.1. The average molecular weight is 331 g/mol. The highest BCUT2D eigenvalue weighted by atomic mass is 35.5. The third-order valence-electron chi connectivity index (χ3n) is 3.52. The Hall–Kier alpha value is -2.17. The second kappa shape index (κ2) is 7.90. The van der Waals surface area contributed by atoms with Crippen molar-refractivity contribution >= 4 is 29.0 Å². The Balaban J connectivity index is 1.96. The molecule has 2 rings (SSSR count). The van der Waals surface area contributed by atoms with Crippen LogP contribution in [0.2, 0.25) is 5.02 Å². The van der Waals surface area contributed by atoms with E-state index in [1.54, 1.807) is 24.3 Å². The summed E-state index contributed by atoms with van der Waals surface area (Å²) in [6.07, 6.45) is 0. The molecule has 0 bridgehead atoms. The van der Waals surface area contributed by atoms with Gasteiger partial charge in [0.25, 0.3) is 0 Å². The first kappa shape index (κ1) is 17.2. The van der Waals surface area contributed by atoms with Crippen LogP contribution in [0.5, 0.6) is 0 Å². The van der Waals surface area contributed by atoms with Gasteiger partial charge in [0.05, 0.1) is 12.2 Å². The molecule has 2 aromatic carbocycles. The fraction of sp³-hybridized carbons (Fsp3) is 0.222. The van der Waals surface area contributed by atoms with Gasteiger partial charge in [0.15, 0.2) is 5.78 Å². The summed E-state index contributed by atoms with van der Waals surface area (Å²) in [5.41, 5.74) is 1.96. The van der Waals surface area contributed by atoms with Gasteiger partial charge in [-0.25, -0.2) is 0 Å². The van der Waals surface area contributed by atoms with Crippen LogP contribution in [0.4, 0.5) is 5.69 Å². The quantitative estimate of drug-likeness (QED) is 0.791. The molecule has 0 aliphatic rings. The Morgan fingerprint density at radius 3 is 2.43 bits per heavy atom. The van der Waals surface area contributed by atoms with Crippen molar-refractivity contribution in [3.05, 3.63) is 64.7 Å². The molecule has 4 nitrogen and oxygen atoms in total. The van der Waals surface area contributed by atoms with Crippen LogP contribution in [0, 0.1) is 0 Å². The van der Waals surface area contributed by atoms with E-state index in [1.165, 1.54) is 6.92 Å². The zero-order chi connectivity index (χ0) is 16.8. The van der Waals surface area contributed by atoms with Gasteiger partial charge in [0, 0.05) is 16.6 Å². The van der Waals surface area contributed by atoms with Gasteiger partial charge in [-0.05, 0) is 37.6 Å². The molecule has 23 heavy (non-hydrogen) atoms. The Kier molecular flexibility index (Phi) is 5.90. The van der Waals surface area contributed by atoms with Crippen molar-refractivity contribution in [1.82, 2.24) is 5.32 Å². The van der Waals surface area contributed by atoms with Crippen molar-refractivity contribution in [1.29, 1.82) is 0 Å². The van der Waals surface area contributed by atoms with Crippen molar-refractivity contribution in [2.24, 2.45) is 0 Å². The number of carbonyl (C=O) groups is 2. The first-order valence-electron chi connectivity index (χ1n) is 7.36. The van der Waals surface area contributed by atoms with Crippen molar-refractivity contribution in [2.45, 2.75) is 19.9 Å². The molecule has 0 unspecified atom stereocenters. The van der Waals surface area contributed by atoms with Crippen LogP contribution < -0.4 is 10.6 Å². The SMILES string of the molecule is CC(=O)c1ccccc1NC(=O)CN[C@@H](C)c1ccccc1Cl. The Morgan fingerprint density at radius 1 is 1.09 bits per heavy atom. The van der Waals surface area contributed by atoms with E-state index in [-0.39, 0.29) is 24.3 Å². The van der Waals surface area contributed by atoms with E-state index in [0.29, 0.717) is 16.3 Å². The van der Waals surface area contributed by atoms with Crippen LogP contribution in [0.3, 0.4) is 0 Å². The van der Waals surface area contributed by atoms with Crippen molar-refractivity contribution < 1.29 is 9.59 Å². The van der Waals surface area contributed by atoms with Crippen molar-refractivity contribution in [3.63, 3.8) is 0 Å². The minimum absolute atomic E-state index is 0.0579. The maximum atomic E-state index is 12.1. The van der Waals surface area contributed by atoms with E-state index in [2.05, 4.69) is 10.6 Å². The number of benzene rings is 2. The van der Waals surface area contributed by atoms with Crippen LogP contribution in [0.15, 0.2) is 48.5 Å².